The molecule has 4 heteroatoms. The van der Waals surface area contributed by atoms with Crippen molar-refractivity contribution in [3.05, 3.63) is 104 Å². The molecule has 2 heterocycles. The number of aryl methyl sites for hydroxylation is 6. The van der Waals surface area contributed by atoms with Crippen LogP contribution >= 0.6 is 15.9 Å². The first-order valence-corrected chi connectivity index (χ1v) is 14.6. The fourth-order valence-electron chi connectivity index (χ4n) is 4.87. The van der Waals surface area contributed by atoms with Crippen LogP contribution in [-0.4, -0.2) is 16.0 Å². The number of benzene rings is 2. The van der Waals surface area contributed by atoms with Crippen LogP contribution in [0.4, 0.5) is 0 Å². The highest BCUT2D eigenvalue weighted by Crippen LogP contribution is 2.28. The normalized spacial score (nSPS) is 10.6. The van der Waals surface area contributed by atoms with Crippen molar-refractivity contribution in [3.8, 4) is 22.5 Å². The van der Waals surface area contributed by atoms with Gasteiger partial charge in [-0.25, -0.2) is 4.98 Å². The Kier molecular flexibility index (Phi) is 12.5. The lowest BCUT2D eigenvalue weighted by molar-refractivity contribution is 0.636. The van der Waals surface area contributed by atoms with Crippen molar-refractivity contribution >= 4 is 15.9 Å². The minimum Gasteiger partial charge on any atom is -0.328 e. The lowest BCUT2D eigenvalue weighted by Gasteiger charge is -2.12. The van der Waals surface area contributed by atoms with E-state index in [1.54, 1.807) is 0 Å². The molecule has 0 amide bonds. The summed E-state index contributed by atoms with van der Waals surface area (Å²) in [6, 6.07) is 21.6. The average molecular weight is 589 g/mol. The van der Waals surface area contributed by atoms with Gasteiger partial charge in [0, 0.05) is 16.8 Å². The van der Waals surface area contributed by atoms with Gasteiger partial charge in [-0.15, -0.1) is 0 Å². The van der Waals surface area contributed by atoms with Gasteiger partial charge in [-0.1, -0.05) is 75.2 Å². The molecule has 4 aromatic rings. The first kappa shape index (κ1) is 32.4. The molecule has 0 unspecified atom stereocenters. The zero-order chi connectivity index (χ0) is 29.3. The minimum atomic E-state index is 0.333. The third-order valence-corrected chi connectivity index (χ3v) is 6.45. The number of nitrogens with zero attached hydrogens (tertiary/aromatic N) is 2. The third kappa shape index (κ3) is 10.3. The molecular formula is C35H46BrN3. The minimum absolute atomic E-state index is 0.333. The van der Waals surface area contributed by atoms with Gasteiger partial charge in [0.2, 0.25) is 0 Å². The highest BCUT2D eigenvalue weighted by molar-refractivity contribution is 9.10. The summed E-state index contributed by atoms with van der Waals surface area (Å²) in [5, 5.41) is 0. The van der Waals surface area contributed by atoms with Gasteiger partial charge in [-0.2, -0.15) is 0 Å². The van der Waals surface area contributed by atoms with Gasteiger partial charge in [-0.3, -0.25) is 4.98 Å². The monoisotopic (exact) mass is 587 g/mol. The molecule has 208 valence electrons. The number of hydrogen-bond donors (Lipinski definition) is 1. The first-order valence-electron chi connectivity index (χ1n) is 13.8. The lowest BCUT2D eigenvalue weighted by atomic mass is 9.96. The number of hydrogen-bond acceptors (Lipinski definition) is 3. The highest BCUT2D eigenvalue weighted by Gasteiger charge is 2.10. The number of halogens is 1. The second-order valence-electron chi connectivity index (χ2n) is 11.2. The molecule has 0 spiro atoms. The van der Waals surface area contributed by atoms with Crippen LogP contribution < -0.4 is 5.73 Å². The van der Waals surface area contributed by atoms with Gasteiger partial charge >= 0.3 is 0 Å². The Labute approximate surface area is 245 Å². The number of aromatic nitrogens is 2. The summed E-state index contributed by atoms with van der Waals surface area (Å²) in [4.78, 5) is 9.35. The van der Waals surface area contributed by atoms with E-state index >= 15 is 0 Å². The molecule has 4 rings (SSSR count). The molecule has 0 radical (unpaired) electrons. The number of rotatable bonds is 4. The quantitative estimate of drug-likeness (QED) is 0.242. The topological polar surface area (TPSA) is 51.8 Å². The van der Waals surface area contributed by atoms with Crippen LogP contribution in [0, 0.1) is 47.5 Å². The predicted octanol–water partition coefficient (Wildman–Crippen LogP) is 9.66. The molecule has 0 saturated heterocycles. The van der Waals surface area contributed by atoms with Gasteiger partial charge in [0.15, 0.2) is 0 Å². The molecular weight excluding hydrogens is 542 g/mol. The molecule has 2 aromatic heterocycles. The van der Waals surface area contributed by atoms with Crippen LogP contribution in [0.25, 0.3) is 22.5 Å². The van der Waals surface area contributed by atoms with Crippen LogP contribution in [0.2, 0.25) is 0 Å². The van der Waals surface area contributed by atoms with Crippen molar-refractivity contribution in [1.82, 2.24) is 9.97 Å². The van der Waals surface area contributed by atoms with E-state index in [2.05, 4.69) is 125 Å². The summed E-state index contributed by atoms with van der Waals surface area (Å²) in [6.45, 7) is 21.2. The Morgan fingerprint density at radius 3 is 1.41 bits per heavy atom. The van der Waals surface area contributed by atoms with Crippen LogP contribution in [0.1, 0.15) is 66.8 Å². The third-order valence-electron chi connectivity index (χ3n) is 6.01. The molecule has 3 nitrogen and oxygen atoms in total. The second kappa shape index (κ2) is 15.1. The van der Waals surface area contributed by atoms with E-state index in [0.29, 0.717) is 12.0 Å². The fourth-order valence-corrected chi connectivity index (χ4v) is 5.21. The van der Waals surface area contributed by atoms with E-state index < -0.39 is 0 Å². The van der Waals surface area contributed by atoms with Crippen LogP contribution in [0.5, 0.6) is 0 Å². The molecule has 0 aliphatic heterocycles. The molecule has 0 saturated carbocycles. The van der Waals surface area contributed by atoms with Crippen molar-refractivity contribution in [3.63, 3.8) is 0 Å². The summed E-state index contributed by atoms with van der Waals surface area (Å²) >= 11 is 3.41. The maximum absolute atomic E-state index is 5.11. The fraction of sp³-hybridized carbons (Fsp3) is 0.371. The van der Waals surface area contributed by atoms with Crippen molar-refractivity contribution in [2.75, 3.05) is 0 Å². The Morgan fingerprint density at radius 2 is 1.03 bits per heavy atom. The standard InChI is InChI=1S/C18H23N.C14H14BrN.C3H9N/c1-12(2)9-16-7-6-8-17(19-16)18-14(4)10-13(3)11-15(18)5;1-9-7-10(2)14(11(3)8-9)12-5-4-6-13(15)16-12;1-3(2)4/h6-8,10-12H,9H2,1-5H3;4-8H,1-3H3;3H,4H2,1-2H3. The predicted molar refractivity (Wildman–Crippen MR) is 173 cm³/mol. The van der Waals surface area contributed by atoms with Crippen molar-refractivity contribution in [2.45, 2.75) is 81.7 Å². The van der Waals surface area contributed by atoms with Crippen molar-refractivity contribution in [2.24, 2.45) is 11.7 Å². The van der Waals surface area contributed by atoms with Crippen molar-refractivity contribution < 1.29 is 0 Å². The van der Waals surface area contributed by atoms with Crippen LogP contribution in [0.3, 0.4) is 0 Å². The van der Waals surface area contributed by atoms with Gasteiger partial charge in [0.1, 0.15) is 4.60 Å². The molecule has 0 aliphatic carbocycles. The zero-order valence-corrected chi connectivity index (χ0v) is 27.1. The molecule has 2 aromatic carbocycles. The summed E-state index contributed by atoms with van der Waals surface area (Å²) in [6.07, 6.45) is 1.04. The largest absolute Gasteiger partial charge is 0.328 e. The van der Waals surface area contributed by atoms with E-state index in [-0.39, 0.29) is 0 Å². The first-order chi connectivity index (χ1) is 18.3. The summed E-state index contributed by atoms with van der Waals surface area (Å²) < 4.78 is 0.879. The van der Waals surface area contributed by atoms with Gasteiger partial charge < -0.3 is 5.73 Å². The van der Waals surface area contributed by atoms with E-state index in [9.17, 15) is 0 Å². The van der Waals surface area contributed by atoms with Gasteiger partial charge in [-0.05, 0) is 122 Å². The Bertz CT molecular complexity index is 1320. The maximum Gasteiger partial charge on any atom is 0.106 e. The maximum atomic E-state index is 5.11. The van der Waals surface area contributed by atoms with E-state index in [0.717, 1.165) is 22.4 Å². The van der Waals surface area contributed by atoms with E-state index in [4.69, 9.17) is 10.7 Å². The van der Waals surface area contributed by atoms with E-state index in [1.807, 2.05) is 26.0 Å². The van der Waals surface area contributed by atoms with E-state index in [1.165, 1.54) is 50.2 Å². The second-order valence-corrected chi connectivity index (χ2v) is 12.1. The zero-order valence-electron chi connectivity index (χ0n) is 25.5. The molecule has 0 fully saturated rings. The molecule has 39 heavy (non-hydrogen) atoms. The van der Waals surface area contributed by atoms with Crippen molar-refractivity contribution in [1.29, 1.82) is 0 Å². The summed E-state index contributed by atoms with van der Waals surface area (Å²) in [5.41, 5.74) is 18.8. The van der Waals surface area contributed by atoms with Crippen LogP contribution in [0.15, 0.2) is 65.3 Å². The summed E-state index contributed by atoms with van der Waals surface area (Å²) in [7, 11) is 0. The smallest absolute Gasteiger partial charge is 0.106 e. The van der Waals surface area contributed by atoms with Gasteiger partial charge in [0.25, 0.3) is 0 Å². The average Bonchev–Trinajstić information content (AvgIpc) is 2.78. The lowest BCUT2D eigenvalue weighted by Crippen LogP contribution is -2.06. The molecule has 2 N–H and O–H groups in total. The molecule has 0 aliphatic rings. The van der Waals surface area contributed by atoms with Crippen LogP contribution in [-0.2, 0) is 6.42 Å². The number of nitrogens with two attached hydrogens (primary N) is 1. The Balaban J connectivity index is 0.000000243. The highest BCUT2D eigenvalue weighted by atomic mass is 79.9. The Morgan fingerprint density at radius 1 is 0.641 bits per heavy atom. The molecule has 0 bridgehead atoms. The van der Waals surface area contributed by atoms with Gasteiger partial charge in [0.05, 0.1) is 11.4 Å². The molecule has 0 atom stereocenters. The Hall–Kier alpha value is -2.82. The number of pyridine rings is 2. The summed E-state index contributed by atoms with van der Waals surface area (Å²) in [5.74, 6) is 0.642. The SMILES string of the molecule is CC(C)N.Cc1cc(C)c(-c2cccc(Br)n2)c(C)c1.Cc1cc(C)c(-c2cccc(CC(C)C)n2)c(C)c1.